The van der Waals surface area contributed by atoms with Crippen LogP contribution < -0.4 is 10.6 Å². The number of amides is 1. The van der Waals surface area contributed by atoms with Crippen LogP contribution in [0.2, 0.25) is 5.02 Å². The Labute approximate surface area is 252 Å². The van der Waals surface area contributed by atoms with E-state index < -0.39 is 23.4 Å². The van der Waals surface area contributed by atoms with Gasteiger partial charge >= 0.3 is 11.7 Å². The van der Waals surface area contributed by atoms with E-state index in [4.69, 9.17) is 21.7 Å². The molecule has 0 aliphatic carbocycles. The molecule has 10 nitrogen and oxygen atoms in total. The Morgan fingerprint density at radius 1 is 1.14 bits per heavy atom. The molecule has 0 radical (unpaired) electrons. The van der Waals surface area contributed by atoms with Crippen molar-refractivity contribution < 1.29 is 19.1 Å². The lowest BCUT2D eigenvalue weighted by molar-refractivity contribution is -0.132. The molecule has 1 N–H and O–H groups in total. The van der Waals surface area contributed by atoms with E-state index in [1.807, 2.05) is 32.6 Å². The quantitative estimate of drug-likeness (QED) is 0.313. The first-order valence-corrected chi connectivity index (χ1v) is 14.2. The molecule has 4 heterocycles. The van der Waals surface area contributed by atoms with Crippen LogP contribution in [0.5, 0.6) is 0 Å². The van der Waals surface area contributed by atoms with Crippen molar-refractivity contribution in [1.29, 1.82) is 0 Å². The first-order valence-electron chi connectivity index (χ1n) is 13.8. The van der Waals surface area contributed by atoms with Gasteiger partial charge in [-0.15, -0.1) is 0 Å². The van der Waals surface area contributed by atoms with Crippen LogP contribution in [-0.2, 0) is 9.59 Å². The number of halogens is 2. The van der Waals surface area contributed by atoms with E-state index >= 15 is 0 Å². The Kier molecular flexibility index (Phi) is 8.27. The Morgan fingerprint density at radius 3 is 2.56 bits per heavy atom. The largest absolute Gasteiger partial charge is 0.478 e. The number of rotatable bonds is 6. The average Bonchev–Trinajstić information content (AvgIpc) is 2.96. The molecule has 1 saturated heterocycles. The smallest absolute Gasteiger partial charge is 0.355 e. The third-order valence-electron chi connectivity index (χ3n) is 7.43. The van der Waals surface area contributed by atoms with Gasteiger partial charge in [-0.2, -0.15) is 4.98 Å². The van der Waals surface area contributed by atoms with Crippen molar-refractivity contribution >= 4 is 40.3 Å². The van der Waals surface area contributed by atoms with E-state index in [-0.39, 0.29) is 47.0 Å². The molecule has 1 aliphatic heterocycles. The summed E-state index contributed by atoms with van der Waals surface area (Å²) in [6.07, 6.45) is 3.52. The van der Waals surface area contributed by atoms with Gasteiger partial charge in [-0.05, 0) is 49.6 Å². The molecule has 4 aromatic rings. The van der Waals surface area contributed by atoms with Crippen molar-refractivity contribution in [2.75, 3.05) is 24.5 Å². The van der Waals surface area contributed by atoms with Gasteiger partial charge in [0.25, 0.3) is 0 Å². The van der Waals surface area contributed by atoms with E-state index in [0.29, 0.717) is 29.1 Å². The van der Waals surface area contributed by atoms with Crippen LogP contribution in [0, 0.1) is 12.7 Å². The van der Waals surface area contributed by atoms with E-state index in [1.54, 1.807) is 41.4 Å². The third-order valence-corrected chi connectivity index (χ3v) is 7.72. The van der Waals surface area contributed by atoms with Crippen LogP contribution in [0.1, 0.15) is 37.9 Å². The number of aromatic nitrogens is 4. The second kappa shape index (κ2) is 11.9. The summed E-state index contributed by atoms with van der Waals surface area (Å²) in [6.45, 7) is 8.56. The summed E-state index contributed by atoms with van der Waals surface area (Å²) in [5.41, 5.74) is 2.03. The fraction of sp³-hybridized carbons (Fsp3) is 0.290. The van der Waals surface area contributed by atoms with Crippen LogP contribution in [-0.4, -0.2) is 67.1 Å². The van der Waals surface area contributed by atoms with Gasteiger partial charge in [0.1, 0.15) is 11.6 Å². The number of piperazine rings is 1. The Hall–Kier alpha value is -4.64. The zero-order chi connectivity index (χ0) is 31.0. The van der Waals surface area contributed by atoms with Crippen molar-refractivity contribution in [3.8, 4) is 16.9 Å². The standard InChI is InChI=1S/C31H30ClFN6O4/c1-17(2)26-28(18(3)11-12-34-26)39-30-21(15-22(32)27(35-30)20-7-5-6-8-23(20)33)29(36-31(39)43)38-14-13-37(16-19(38)4)24(40)9-10-25(41)42/h5-12,15,17,19H,13-14,16H2,1-4H3,(H,41,42)/b10-9+/t19-/m0/s1. The SMILES string of the molecule is Cc1ccnc(C(C)C)c1-n1c(=O)nc(N2CCN(C(=O)/C=C/C(=O)O)C[C@@H]2C)c2cc(Cl)c(-c3ccccc3F)nc21. The minimum absolute atomic E-state index is 0.0318. The number of pyridine rings is 2. The van der Waals surface area contributed by atoms with Crippen LogP contribution in [0.3, 0.4) is 0 Å². The Balaban J connectivity index is 1.73. The molecular weight excluding hydrogens is 575 g/mol. The van der Waals surface area contributed by atoms with Gasteiger partial charge < -0.3 is 14.9 Å². The van der Waals surface area contributed by atoms with Gasteiger partial charge in [0.15, 0.2) is 5.65 Å². The predicted octanol–water partition coefficient (Wildman–Crippen LogP) is 4.74. The molecule has 1 aliphatic rings. The second-order valence-electron chi connectivity index (χ2n) is 10.7. The fourth-order valence-corrected chi connectivity index (χ4v) is 5.63. The fourth-order valence-electron chi connectivity index (χ4n) is 5.37. The third kappa shape index (κ3) is 5.72. The number of aryl methyl sites for hydroxylation is 1. The first-order chi connectivity index (χ1) is 20.5. The van der Waals surface area contributed by atoms with Gasteiger partial charge in [0.05, 0.1) is 27.5 Å². The molecule has 1 fully saturated rings. The number of carbonyl (C=O) groups is 2. The molecule has 0 spiro atoms. The summed E-state index contributed by atoms with van der Waals surface area (Å²) in [5, 5.41) is 9.53. The zero-order valence-corrected chi connectivity index (χ0v) is 24.8. The molecule has 3 aromatic heterocycles. The van der Waals surface area contributed by atoms with Crippen molar-refractivity contribution in [3.05, 3.63) is 87.3 Å². The molecule has 12 heteroatoms. The number of aliphatic carboxylic acids is 1. The number of nitrogens with zero attached hydrogens (tertiary/aromatic N) is 6. The van der Waals surface area contributed by atoms with Gasteiger partial charge in [-0.3, -0.25) is 9.78 Å². The number of anilines is 1. The number of carboxylic acids is 1. The van der Waals surface area contributed by atoms with Crippen LogP contribution >= 0.6 is 11.6 Å². The highest BCUT2D eigenvalue weighted by Crippen LogP contribution is 2.36. The number of carboxylic acid groups (broad SMARTS) is 1. The number of carbonyl (C=O) groups excluding carboxylic acids is 1. The molecule has 43 heavy (non-hydrogen) atoms. The summed E-state index contributed by atoms with van der Waals surface area (Å²) >= 11 is 6.75. The van der Waals surface area contributed by atoms with Gasteiger partial charge in [0, 0.05) is 49.6 Å². The van der Waals surface area contributed by atoms with E-state index in [0.717, 1.165) is 17.7 Å². The summed E-state index contributed by atoms with van der Waals surface area (Å²) in [7, 11) is 0. The van der Waals surface area contributed by atoms with E-state index in [1.165, 1.54) is 10.6 Å². The highest BCUT2D eigenvalue weighted by Gasteiger charge is 2.30. The van der Waals surface area contributed by atoms with Crippen LogP contribution in [0.25, 0.3) is 28.0 Å². The molecule has 0 bridgehead atoms. The highest BCUT2D eigenvalue weighted by atomic mass is 35.5. The molecule has 0 unspecified atom stereocenters. The van der Waals surface area contributed by atoms with Crippen molar-refractivity contribution in [2.24, 2.45) is 0 Å². The summed E-state index contributed by atoms with van der Waals surface area (Å²) in [6, 6.07) is 9.30. The molecule has 0 saturated carbocycles. The van der Waals surface area contributed by atoms with E-state index in [9.17, 15) is 18.8 Å². The molecule has 1 atom stereocenters. The van der Waals surface area contributed by atoms with Crippen molar-refractivity contribution in [1.82, 2.24) is 24.4 Å². The second-order valence-corrected chi connectivity index (χ2v) is 11.1. The Morgan fingerprint density at radius 2 is 1.88 bits per heavy atom. The number of fused-ring (bicyclic) bond motifs is 1. The lowest BCUT2D eigenvalue weighted by Crippen LogP contribution is -2.54. The molecule has 1 aromatic carbocycles. The first kappa shape index (κ1) is 29.8. The lowest BCUT2D eigenvalue weighted by atomic mass is 10.0. The monoisotopic (exact) mass is 604 g/mol. The maximum atomic E-state index is 14.9. The number of benzene rings is 1. The summed E-state index contributed by atoms with van der Waals surface area (Å²) < 4.78 is 16.4. The Bertz CT molecular complexity index is 1840. The lowest BCUT2D eigenvalue weighted by Gasteiger charge is -2.40. The maximum Gasteiger partial charge on any atom is 0.355 e. The van der Waals surface area contributed by atoms with Crippen LogP contribution in [0.4, 0.5) is 10.2 Å². The van der Waals surface area contributed by atoms with Crippen molar-refractivity contribution in [3.63, 3.8) is 0 Å². The number of hydrogen-bond donors (Lipinski definition) is 1. The minimum Gasteiger partial charge on any atom is -0.478 e. The molecule has 1 amide bonds. The number of hydrogen-bond acceptors (Lipinski definition) is 7. The predicted molar refractivity (Wildman–Crippen MR) is 162 cm³/mol. The van der Waals surface area contributed by atoms with Crippen molar-refractivity contribution in [2.45, 2.75) is 39.7 Å². The minimum atomic E-state index is -1.21. The van der Waals surface area contributed by atoms with E-state index in [2.05, 4.69) is 9.97 Å². The summed E-state index contributed by atoms with van der Waals surface area (Å²) in [4.78, 5) is 54.7. The maximum absolute atomic E-state index is 14.9. The van der Waals surface area contributed by atoms with Gasteiger partial charge in [-0.1, -0.05) is 37.6 Å². The zero-order valence-electron chi connectivity index (χ0n) is 24.1. The topological polar surface area (TPSA) is 122 Å². The van der Waals surface area contributed by atoms with Gasteiger partial charge in [0.2, 0.25) is 5.91 Å². The highest BCUT2D eigenvalue weighted by molar-refractivity contribution is 6.33. The van der Waals surface area contributed by atoms with Crippen LogP contribution in [0.15, 0.2) is 59.5 Å². The molecular formula is C31H30ClFN6O4. The normalized spacial score (nSPS) is 15.6. The molecule has 5 rings (SSSR count). The summed E-state index contributed by atoms with van der Waals surface area (Å²) in [5.74, 6) is -1.84. The molecule has 222 valence electrons. The van der Waals surface area contributed by atoms with Gasteiger partial charge in [-0.25, -0.2) is 23.5 Å². The average molecular weight is 605 g/mol.